The monoisotopic (exact) mass is 570 g/mol. The van der Waals surface area contributed by atoms with Gasteiger partial charge in [0.25, 0.3) is 0 Å². The minimum atomic E-state index is -4.50. The topological polar surface area (TPSA) is 66.0 Å². The predicted molar refractivity (Wildman–Crippen MR) is 130 cm³/mol. The van der Waals surface area contributed by atoms with Crippen molar-refractivity contribution in [3.63, 3.8) is 0 Å². The molecule has 0 aliphatic carbocycles. The summed E-state index contributed by atoms with van der Waals surface area (Å²) < 4.78 is 46.1. The second-order valence-corrected chi connectivity index (χ2v) is 8.25. The van der Waals surface area contributed by atoms with Crippen molar-refractivity contribution in [2.24, 2.45) is 10.9 Å². The smallest absolute Gasteiger partial charge is 0.416 e. The first-order chi connectivity index (χ1) is 14.5. The number of rotatable bonds is 7. The Kier molecular flexibility index (Phi) is 11.1. The number of alkyl halides is 3. The molecule has 0 radical (unpaired) electrons. The lowest BCUT2D eigenvalue weighted by Crippen LogP contribution is -2.45. The van der Waals surface area contributed by atoms with E-state index in [9.17, 15) is 18.0 Å². The first-order valence-electron chi connectivity index (χ1n) is 10.7. The van der Waals surface area contributed by atoms with Crippen LogP contribution in [0.15, 0.2) is 23.2 Å². The van der Waals surface area contributed by atoms with E-state index in [-0.39, 0.29) is 65.8 Å². The number of ether oxygens (including phenoxy) is 1. The molecule has 1 atom stereocenters. The lowest BCUT2D eigenvalue weighted by molar-refractivity contribution is -0.138. The summed E-state index contributed by atoms with van der Waals surface area (Å²) in [7, 11) is 0. The number of nitrogens with one attached hydrogen (secondary N) is 2. The SMILES string of the molecule is CCNC(=NCc1ccc(OC(C)C)cc1C(F)(F)F)NC1CCN(C(=O)C(C)C)C1.I. The number of carbonyl (C=O) groups excluding carboxylic acids is 1. The van der Waals surface area contributed by atoms with Crippen LogP contribution in [0.2, 0.25) is 0 Å². The molecule has 0 aromatic heterocycles. The molecule has 1 heterocycles. The van der Waals surface area contributed by atoms with Gasteiger partial charge in [-0.2, -0.15) is 13.2 Å². The van der Waals surface area contributed by atoms with Gasteiger partial charge < -0.3 is 20.3 Å². The summed E-state index contributed by atoms with van der Waals surface area (Å²) in [6.45, 7) is 10.8. The van der Waals surface area contributed by atoms with Crippen LogP contribution in [0.5, 0.6) is 5.75 Å². The maximum Gasteiger partial charge on any atom is 0.416 e. The molecule has 1 saturated heterocycles. The summed E-state index contributed by atoms with van der Waals surface area (Å²) >= 11 is 0. The Bertz CT molecular complexity index is 785. The number of guanidine groups is 1. The van der Waals surface area contributed by atoms with E-state index < -0.39 is 11.7 Å². The molecule has 1 aliphatic heterocycles. The van der Waals surface area contributed by atoms with E-state index in [0.717, 1.165) is 12.5 Å². The van der Waals surface area contributed by atoms with Gasteiger partial charge in [-0.1, -0.05) is 19.9 Å². The van der Waals surface area contributed by atoms with Crippen molar-refractivity contribution in [1.82, 2.24) is 15.5 Å². The van der Waals surface area contributed by atoms with Gasteiger partial charge in [-0.15, -0.1) is 24.0 Å². The first kappa shape index (κ1) is 28.3. The van der Waals surface area contributed by atoms with Gasteiger partial charge in [0.2, 0.25) is 5.91 Å². The van der Waals surface area contributed by atoms with Crippen LogP contribution in [0, 0.1) is 5.92 Å². The van der Waals surface area contributed by atoms with Crippen molar-refractivity contribution >= 4 is 35.8 Å². The predicted octanol–water partition coefficient (Wildman–Crippen LogP) is 4.42. The molecule has 0 saturated carbocycles. The molecule has 1 amide bonds. The highest BCUT2D eigenvalue weighted by atomic mass is 127. The van der Waals surface area contributed by atoms with Crippen LogP contribution in [0.4, 0.5) is 13.2 Å². The molecular formula is C22H34F3IN4O2. The zero-order valence-corrected chi connectivity index (χ0v) is 21.6. The van der Waals surface area contributed by atoms with Gasteiger partial charge in [-0.3, -0.25) is 4.79 Å². The molecule has 1 fully saturated rings. The lowest BCUT2D eigenvalue weighted by Gasteiger charge is -2.20. The Balaban J connectivity index is 0.00000512. The molecule has 2 rings (SSSR count). The highest BCUT2D eigenvalue weighted by Crippen LogP contribution is 2.35. The summed E-state index contributed by atoms with van der Waals surface area (Å²) in [6, 6.07) is 3.97. The minimum Gasteiger partial charge on any atom is -0.491 e. The number of nitrogens with zero attached hydrogens (tertiary/aromatic N) is 2. The van der Waals surface area contributed by atoms with Crippen LogP contribution in [-0.2, 0) is 17.5 Å². The Hall–Kier alpha value is -1.72. The number of aliphatic imine (C=N–C) groups is 1. The van der Waals surface area contributed by atoms with Crippen LogP contribution < -0.4 is 15.4 Å². The van der Waals surface area contributed by atoms with Gasteiger partial charge in [-0.25, -0.2) is 4.99 Å². The highest BCUT2D eigenvalue weighted by molar-refractivity contribution is 14.0. The summed E-state index contributed by atoms with van der Waals surface area (Å²) in [6.07, 6.45) is -3.96. The van der Waals surface area contributed by atoms with Gasteiger partial charge in [-0.05, 0) is 44.9 Å². The molecule has 32 heavy (non-hydrogen) atoms. The molecule has 2 N–H and O–H groups in total. The summed E-state index contributed by atoms with van der Waals surface area (Å²) in [5, 5.41) is 6.32. The second kappa shape index (κ2) is 12.5. The maximum absolute atomic E-state index is 13.6. The average molecular weight is 570 g/mol. The average Bonchev–Trinajstić information content (AvgIpc) is 3.13. The fraction of sp³-hybridized carbons (Fsp3) is 0.636. The number of carbonyl (C=O) groups is 1. The van der Waals surface area contributed by atoms with Crippen molar-refractivity contribution < 1.29 is 22.7 Å². The number of benzene rings is 1. The molecule has 6 nitrogen and oxygen atoms in total. The Labute approximate surface area is 205 Å². The molecule has 182 valence electrons. The van der Waals surface area contributed by atoms with E-state index in [1.807, 2.05) is 20.8 Å². The van der Waals surface area contributed by atoms with Gasteiger partial charge in [0, 0.05) is 31.6 Å². The van der Waals surface area contributed by atoms with Crippen molar-refractivity contribution in [2.45, 2.75) is 65.9 Å². The van der Waals surface area contributed by atoms with Gasteiger partial charge in [0.15, 0.2) is 5.96 Å². The zero-order valence-electron chi connectivity index (χ0n) is 19.3. The molecular weight excluding hydrogens is 536 g/mol. The Morgan fingerprint density at radius 3 is 2.53 bits per heavy atom. The van der Waals surface area contributed by atoms with Crippen LogP contribution in [0.25, 0.3) is 0 Å². The fourth-order valence-electron chi connectivity index (χ4n) is 3.42. The highest BCUT2D eigenvalue weighted by Gasteiger charge is 2.34. The number of likely N-dealkylation sites (tertiary alicyclic amines) is 1. The minimum absolute atomic E-state index is 0. The van der Waals surface area contributed by atoms with Crippen LogP contribution in [0.1, 0.15) is 52.2 Å². The van der Waals surface area contributed by atoms with Crippen LogP contribution in [0.3, 0.4) is 0 Å². The third-order valence-electron chi connectivity index (χ3n) is 4.84. The zero-order chi connectivity index (χ0) is 23.2. The third kappa shape index (κ3) is 8.32. The number of amides is 1. The van der Waals surface area contributed by atoms with Crippen molar-refractivity contribution in [1.29, 1.82) is 0 Å². The van der Waals surface area contributed by atoms with Gasteiger partial charge in [0.1, 0.15) is 5.75 Å². The van der Waals surface area contributed by atoms with Crippen molar-refractivity contribution in [3.8, 4) is 5.75 Å². The maximum atomic E-state index is 13.6. The van der Waals surface area contributed by atoms with E-state index in [4.69, 9.17) is 4.74 Å². The number of halogens is 4. The largest absolute Gasteiger partial charge is 0.491 e. The first-order valence-corrected chi connectivity index (χ1v) is 10.7. The fourth-order valence-corrected chi connectivity index (χ4v) is 3.42. The Morgan fingerprint density at radius 2 is 1.97 bits per heavy atom. The van der Waals surface area contributed by atoms with Crippen molar-refractivity contribution in [3.05, 3.63) is 29.3 Å². The van der Waals surface area contributed by atoms with Gasteiger partial charge in [0.05, 0.1) is 18.2 Å². The standard InChI is InChI=1S/C22H33F3N4O2.HI/c1-6-26-21(28-17-9-10-29(13-17)20(30)14(2)3)27-12-16-7-8-18(31-15(4)5)11-19(16)22(23,24)25;/h7-8,11,14-15,17H,6,9-10,12-13H2,1-5H3,(H2,26,27,28);1H. The van der Waals surface area contributed by atoms with E-state index in [1.165, 1.54) is 12.1 Å². The van der Waals surface area contributed by atoms with Crippen molar-refractivity contribution in [2.75, 3.05) is 19.6 Å². The summed E-state index contributed by atoms with van der Waals surface area (Å²) in [5.41, 5.74) is -0.677. The van der Waals surface area contributed by atoms with E-state index in [0.29, 0.717) is 25.6 Å². The number of hydrogen-bond acceptors (Lipinski definition) is 3. The van der Waals surface area contributed by atoms with Crippen LogP contribution >= 0.6 is 24.0 Å². The number of hydrogen-bond donors (Lipinski definition) is 2. The molecule has 1 aliphatic rings. The quantitative estimate of drug-likeness (QED) is 0.290. The second-order valence-electron chi connectivity index (χ2n) is 8.25. The lowest BCUT2D eigenvalue weighted by atomic mass is 10.1. The molecule has 1 aromatic rings. The molecule has 0 spiro atoms. The molecule has 1 aromatic carbocycles. The molecule has 10 heteroatoms. The summed E-state index contributed by atoms with van der Waals surface area (Å²) in [5.74, 6) is 0.650. The third-order valence-corrected chi connectivity index (χ3v) is 4.84. The molecule has 1 unspecified atom stereocenters. The van der Waals surface area contributed by atoms with Crippen LogP contribution in [-0.4, -0.2) is 48.5 Å². The van der Waals surface area contributed by atoms with E-state index in [1.54, 1.807) is 18.7 Å². The molecule has 0 bridgehead atoms. The van der Waals surface area contributed by atoms with E-state index in [2.05, 4.69) is 15.6 Å². The Morgan fingerprint density at radius 1 is 1.28 bits per heavy atom. The van der Waals surface area contributed by atoms with E-state index >= 15 is 0 Å². The van der Waals surface area contributed by atoms with Gasteiger partial charge >= 0.3 is 6.18 Å². The summed E-state index contributed by atoms with van der Waals surface area (Å²) in [4.78, 5) is 18.3. The normalized spacial score (nSPS) is 16.9.